The van der Waals surface area contributed by atoms with Crippen molar-refractivity contribution < 1.29 is 13.9 Å². The Bertz CT molecular complexity index is 778. The fourth-order valence-corrected chi connectivity index (χ4v) is 2.16. The Kier molecular flexibility index (Phi) is 3.27. The Morgan fingerprint density at radius 2 is 2.30 bits per heavy atom. The second-order valence-electron chi connectivity index (χ2n) is 3.95. The summed E-state index contributed by atoms with van der Waals surface area (Å²) in [6.07, 6.45) is 3.20. The molecule has 0 atom stereocenters. The van der Waals surface area contributed by atoms with E-state index in [2.05, 4.69) is 25.9 Å². The monoisotopic (exact) mass is 335 g/mol. The van der Waals surface area contributed by atoms with E-state index < -0.39 is 5.97 Å². The van der Waals surface area contributed by atoms with Gasteiger partial charge in [0.05, 0.1) is 12.3 Å². The minimum absolute atomic E-state index is 0.220. The van der Waals surface area contributed by atoms with E-state index in [0.29, 0.717) is 22.8 Å². The zero-order valence-corrected chi connectivity index (χ0v) is 12.1. The molecule has 3 aromatic rings. The quantitative estimate of drug-likeness (QED) is 0.688. The molecule has 0 spiro atoms. The summed E-state index contributed by atoms with van der Waals surface area (Å²) in [5, 5.41) is 0. The van der Waals surface area contributed by atoms with Gasteiger partial charge in [-0.3, -0.25) is 4.40 Å². The lowest BCUT2D eigenvalue weighted by atomic mass is 10.3. The molecule has 0 bridgehead atoms. The Morgan fingerprint density at radius 1 is 1.45 bits per heavy atom. The van der Waals surface area contributed by atoms with E-state index in [4.69, 9.17) is 9.15 Å². The molecular weight excluding hydrogens is 326 g/mol. The molecule has 0 aliphatic rings. The number of aromatic nitrogens is 3. The molecule has 0 fully saturated rings. The highest BCUT2D eigenvalue weighted by atomic mass is 79.9. The highest BCUT2D eigenvalue weighted by Crippen LogP contribution is 2.25. The van der Waals surface area contributed by atoms with Crippen molar-refractivity contribution >= 4 is 27.7 Å². The Balaban J connectivity index is 2.12. The molecule has 20 heavy (non-hydrogen) atoms. The molecule has 0 amide bonds. The molecule has 0 unspecified atom stereocenters. The SMILES string of the molecule is CCOC(=O)c1cn2c(-c3ccc(Br)o3)ccnc2n1. The first-order chi connectivity index (χ1) is 9.69. The lowest BCUT2D eigenvalue weighted by Gasteiger charge is -2.00. The highest BCUT2D eigenvalue weighted by molar-refractivity contribution is 9.10. The number of carbonyl (C=O) groups excluding carboxylic acids is 1. The third kappa shape index (κ3) is 2.20. The summed E-state index contributed by atoms with van der Waals surface area (Å²) in [5.41, 5.74) is 0.973. The van der Waals surface area contributed by atoms with Crippen molar-refractivity contribution in [3.63, 3.8) is 0 Å². The van der Waals surface area contributed by atoms with Crippen LogP contribution >= 0.6 is 15.9 Å². The molecule has 6 nitrogen and oxygen atoms in total. The lowest BCUT2D eigenvalue weighted by molar-refractivity contribution is 0.0520. The molecule has 0 saturated carbocycles. The topological polar surface area (TPSA) is 69.6 Å². The van der Waals surface area contributed by atoms with Crippen LogP contribution < -0.4 is 0 Å². The van der Waals surface area contributed by atoms with Crippen molar-refractivity contribution in [3.05, 3.63) is 41.0 Å². The number of hydrogen-bond acceptors (Lipinski definition) is 5. The number of nitrogens with zero attached hydrogens (tertiary/aromatic N) is 3. The standard InChI is InChI=1S/C13H10BrN3O3/c1-2-19-12(18)8-7-17-9(5-6-15-13(17)16-8)10-3-4-11(14)20-10/h3-7H,2H2,1H3. The second-order valence-corrected chi connectivity index (χ2v) is 4.73. The largest absolute Gasteiger partial charge is 0.461 e. The van der Waals surface area contributed by atoms with Gasteiger partial charge in [0, 0.05) is 12.4 Å². The van der Waals surface area contributed by atoms with E-state index >= 15 is 0 Å². The number of rotatable bonds is 3. The van der Waals surface area contributed by atoms with Crippen LogP contribution in [0.3, 0.4) is 0 Å². The maximum Gasteiger partial charge on any atom is 0.358 e. The van der Waals surface area contributed by atoms with Crippen molar-refractivity contribution in [2.45, 2.75) is 6.92 Å². The summed E-state index contributed by atoms with van der Waals surface area (Å²) in [6, 6.07) is 5.41. The lowest BCUT2D eigenvalue weighted by Crippen LogP contribution is -2.04. The zero-order chi connectivity index (χ0) is 14.1. The second kappa shape index (κ2) is 5.09. The fourth-order valence-electron chi connectivity index (χ4n) is 1.85. The molecule has 0 saturated heterocycles. The molecule has 0 aliphatic carbocycles. The number of esters is 1. The maximum atomic E-state index is 11.7. The summed E-state index contributed by atoms with van der Waals surface area (Å²) < 4.78 is 12.8. The first kappa shape index (κ1) is 12.9. The van der Waals surface area contributed by atoms with Gasteiger partial charge in [0.1, 0.15) is 0 Å². The van der Waals surface area contributed by atoms with Gasteiger partial charge >= 0.3 is 5.97 Å². The summed E-state index contributed by atoms with van der Waals surface area (Å²) in [5.74, 6) is 0.597. The molecule has 0 aromatic carbocycles. The van der Waals surface area contributed by atoms with Crippen molar-refractivity contribution in [1.82, 2.24) is 14.4 Å². The first-order valence-corrected chi connectivity index (χ1v) is 6.75. The van der Waals surface area contributed by atoms with Crippen LogP contribution in [0.1, 0.15) is 17.4 Å². The smallest absolute Gasteiger partial charge is 0.358 e. The number of fused-ring (bicyclic) bond motifs is 1. The van der Waals surface area contributed by atoms with Crippen LogP contribution in [0.15, 0.2) is 39.7 Å². The van der Waals surface area contributed by atoms with E-state index in [1.165, 1.54) is 0 Å². The Labute approximate surface area is 122 Å². The predicted molar refractivity (Wildman–Crippen MR) is 74.3 cm³/mol. The van der Waals surface area contributed by atoms with Gasteiger partial charge in [-0.15, -0.1) is 0 Å². The van der Waals surface area contributed by atoms with Gasteiger partial charge in [0.15, 0.2) is 16.1 Å². The minimum Gasteiger partial charge on any atom is -0.461 e. The summed E-state index contributed by atoms with van der Waals surface area (Å²) in [7, 11) is 0. The normalized spacial score (nSPS) is 10.9. The molecule has 3 heterocycles. The summed E-state index contributed by atoms with van der Waals surface area (Å²) in [6.45, 7) is 2.05. The Morgan fingerprint density at radius 3 is 3.00 bits per heavy atom. The van der Waals surface area contributed by atoms with Crippen molar-refractivity contribution in [3.8, 4) is 11.5 Å². The predicted octanol–water partition coefficient (Wildman–Crippen LogP) is 2.93. The number of halogens is 1. The van der Waals surface area contributed by atoms with Gasteiger partial charge in [-0.1, -0.05) is 0 Å². The van der Waals surface area contributed by atoms with Gasteiger partial charge in [-0.05, 0) is 41.1 Å². The van der Waals surface area contributed by atoms with E-state index in [1.807, 2.05) is 6.07 Å². The first-order valence-electron chi connectivity index (χ1n) is 5.96. The van der Waals surface area contributed by atoms with Crippen LogP contribution in [-0.4, -0.2) is 26.9 Å². The molecule has 0 aliphatic heterocycles. The number of hydrogen-bond donors (Lipinski definition) is 0. The molecule has 0 radical (unpaired) electrons. The van der Waals surface area contributed by atoms with Gasteiger partial charge in [0.25, 0.3) is 0 Å². The average molecular weight is 336 g/mol. The van der Waals surface area contributed by atoms with Gasteiger partial charge in [-0.2, -0.15) is 0 Å². The fraction of sp³-hybridized carbons (Fsp3) is 0.154. The third-order valence-corrected chi connectivity index (χ3v) is 3.11. The number of ether oxygens (including phenoxy) is 1. The van der Waals surface area contributed by atoms with Crippen LogP contribution in [0.25, 0.3) is 17.2 Å². The van der Waals surface area contributed by atoms with E-state index in [0.717, 1.165) is 5.69 Å². The molecule has 0 N–H and O–H groups in total. The number of furan rings is 1. The van der Waals surface area contributed by atoms with E-state index in [-0.39, 0.29) is 5.69 Å². The Hall–Kier alpha value is -2.15. The maximum absolute atomic E-state index is 11.7. The molecule has 3 rings (SSSR count). The minimum atomic E-state index is -0.468. The molecular formula is C13H10BrN3O3. The van der Waals surface area contributed by atoms with Crippen LogP contribution in [0, 0.1) is 0 Å². The third-order valence-electron chi connectivity index (χ3n) is 2.68. The zero-order valence-electron chi connectivity index (χ0n) is 10.5. The molecule has 102 valence electrons. The summed E-state index contributed by atoms with van der Waals surface area (Å²) in [4.78, 5) is 20.0. The molecule has 7 heteroatoms. The van der Waals surface area contributed by atoms with Crippen LogP contribution in [0.2, 0.25) is 0 Å². The highest BCUT2D eigenvalue weighted by Gasteiger charge is 2.15. The summed E-state index contributed by atoms with van der Waals surface area (Å²) >= 11 is 3.26. The van der Waals surface area contributed by atoms with Crippen LogP contribution in [-0.2, 0) is 4.74 Å². The van der Waals surface area contributed by atoms with Gasteiger partial charge in [0.2, 0.25) is 5.78 Å². The average Bonchev–Trinajstić information content (AvgIpc) is 3.04. The van der Waals surface area contributed by atoms with Gasteiger partial charge < -0.3 is 9.15 Å². The van der Waals surface area contributed by atoms with Crippen LogP contribution in [0.4, 0.5) is 0 Å². The molecule has 3 aromatic heterocycles. The van der Waals surface area contributed by atoms with Crippen molar-refractivity contribution in [2.24, 2.45) is 0 Å². The number of carbonyl (C=O) groups is 1. The van der Waals surface area contributed by atoms with Crippen molar-refractivity contribution in [2.75, 3.05) is 6.61 Å². The van der Waals surface area contributed by atoms with Crippen LogP contribution in [0.5, 0.6) is 0 Å². The van der Waals surface area contributed by atoms with E-state index in [9.17, 15) is 4.79 Å². The van der Waals surface area contributed by atoms with Crippen molar-refractivity contribution in [1.29, 1.82) is 0 Å². The number of imidazole rings is 1. The van der Waals surface area contributed by atoms with Gasteiger partial charge in [-0.25, -0.2) is 14.8 Å². The van der Waals surface area contributed by atoms with E-state index in [1.54, 1.807) is 35.9 Å².